The van der Waals surface area contributed by atoms with E-state index in [4.69, 9.17) is 4.74 Å². The first kappa shape index (κ1) is 19.9. The Bertz CT molecular complexity index is 722. The number of amides is 2. The van der Waals surface area contributed by atoms with Gasteiger partial charge in [-0.05, 0) is 44.4 Å². The highest BCUT2D eigenvalue weighted by Gasteiger charge is 2.27. The molecular weight excluding hydrogens is 352 g/mol. The van der Waals surface area contributed by atoms with E-state index in [2.05, 4.69) is 5.32 Å². The van der Waals surface area contributed by atoms with Crippen molar-refractivity contribution >= 4 is 11.8 Å². The molecule has 0 radical (unpaired) electrons. The predicted molar refractivity (Wildman–Crippen MR) is 109 cm³/mol. The summed E-state index contributed by atoms with van der Waals surface area (Å²) in [6, 6.07) is 15.8. The third-order valence-corrected chi connectivity index (χ3v) is 5.19. The van der Waals surface area contributed by atoms with Crippen LogP contribution in [0.3, 0.4) is 0 Å². The van der Waals surface area contributed by atoms with Crippen molar-refractivity contribution in [3.63, 3.8) is 0 Å². The molecule has 3 rings (SSSR count). The minimum atomic E-state index is -0.0347. The second kappa shape index (κ2) is 9.40. The third-order valence-electron chi connectivity index (χ3n) is 5.19. The molecule has 0 saturated carbocycles. The van der Waals surface area contributed by atoms with Gasteiger partial charge >= 0.3 is 0 Å². The maximum atomic E-state index is 12.4. The van der Waals surface area contributed by atoms with Gasteiger partial charge in [0.2, 0.25) is 5.91 Å². The lowest BCUT2D eigenvalue weighted by atomic mass is 9.95. The van der Waals surface area contributed by atoms with Gasteiger partial charge < -0.3 is 15.0 Å². The summed E-state index contributed by atoms with van der Waals surface area (Å²) in [6.07, 6.45) is 1.38. The van der Waals surface area contributed by atoms with Gasteiger partial charge in [0, 0.05) is 25.6 Å². The normalized spacial score (nSPS) is 14.6. The number of likely N-dealkylation sites (tertiary alicyclic amines) is 1. The summed E-state index contributed by atoms with van der Waals surface area (Å²) in [5.74, 6) is 0.708. The zero-order valence-electron chi connectivity index (χ0n) is 16.6. The summed E-state index contributed by atoms with van der Waals surface area (Å²) in [4.78, 5) is 26.6. The second-order valence-electron chi connectivity index (χ2n) is 7.46. The molecule has 0 aromatic heterocycles. The Kier molecular flexibility index (Phi) is 6.69. The average molecular weight is 380 g/mol. The van der Waals surface area contributed by atoms with Crippen LogP contribution in [-0.2, 0) is 16.1 Å². The molecule has 0 bridgehead atoms. The second-order valence-corrected chi connectivity index (χ2v) is 7.46. The summed E-state index contributed by atoms with van der Waals surface area (Å²) in [5, 5.41) is 3.02. The fourth-order valence-electron chi connectivity index (χ4n) is 3.30. The average Bonchev–Trinajstić information content (AvgIpc) is 2.72. The Morgan fingerprint density at radius 2 is 1.54 bits per heavy atom. The molecule has 0 atom stereocenters. The van der Waals surface area contributed by atoms with Crippen molar-refractivity contribution in [2.45, 2.75) is 33.2 Å². The SMILES string of the molecule is Cc1ccc(CNC(=O)C2CCN(C(=O)COc3ccc(C)cc3)CC2)cc1. The van der Waals surface area contributed by atoms with Crippen LogP contribution in [0.25, 0.3) is 0 Å². The molecule has 1 fully saturated rings. The van der Waals surface area contributed by atoms with Crippen molar-refractivity contribution < 1.29 is 14.3 Å². The van der Waals surface area contributed by atoms with Crippen LogP contribution in [0.15, 0.2) is 48.5 Å². The van der Waals surface area contributed by atoms with Gasteiger partial charge in [-0.25, -0.2) is 0 Å². The van der Waals surface area contributed by atoms with Crippen LogP contribution < -0.4 is 10.1 Å². The first-order valence-electron chi connectivity index (χ1n) is 9.82. The number of carbonyl (C=O) groups is 2. The van der Waals surface area contributed by atoms with Crippen LogP contribution >= 0.6 is 0 Å². The van der Waals surface area contributed by atoms with E-state index in [9.17, 15) is 9.59 Å². The van der Waals surface area contributed by atoms with Crippen LogP contribution in [0.1, 0.15) is 29.5 Å². The third kappa shape index (κ3) is 5.59. The van der Waals surface area contributed by atoms with E-state index in [0.717, 1.165) is 11.1 Å². The van der Waals surface area contributed by atoms with Crippen LogP contribution in [0.2, 0.25) is 0 Å². The van der Waals surface area contributed by atoms with Gasteiger partial charge in [0.15, 0.2) is 6.61 Å². The molecule has 2 aromatic carbocycles. The van der Waals surface area contributed by atoms with E-state index < -0.39 is 0 Å². The molecule has 1 aliphatic rings. The van der Waals surface area contributed by atoms with E-state index in [0.29, 0.717) is 38.2 Å². The summed E-state index contributed by atoms with van der Waals surface area (Å²) in [7, 11) is 0. The van der Waals surface area contributed by atoms with Gasteiger partial charge in [0.1, 0.15) is 5.75 Å². The largest absolute Gasteiger partial charge is 0.484 e. The molecule has 0 spiro atoms. The van der Waals surface area contributed by atoms with Crippen LogP contribution in [0.4, 0.5) is 0 Å². The molecule has 1 N–H and O–H groups in total. The molecular formula is C23H28N2O3. The highest BCUT2D eigenvalue weighted by atomic mass is 16.5. The van der Waals surface area contributed by atoms with Gasteiger partial charge in [0.05, 0.1) is 0 Å². The van der Waals surface area contributed by atoms with Gasteiger partial charge in [-0.15, -0.1) is 0 Å². The van der Waals surface area contributed by atoms with Gasteiger partial charge in [-0.2, -0.15) is 0 Å². The number of benzene rings is 2. The minimum absolute atomic E-state index is 0.0286. The fourth-order valence-corrected chi connectivity index (χ4v) is 3.30. The zero-order chi connectivity index (χ0) is 19.9. The molecule has 1 heterocycles. The maximum Gasteiger partial charge on any atom is 0.260 e. The van der Waals surface area contributed by atoms with Crippen molar-refractivity contribution in [3.8, 4) is 5.75 Å². The lowest BCUT2D eigenvalue weighted by Gasteiger charge is -2.31. The monoisotopic (exact) mass is 380 g/mol. The van der Waals surface area contributed by atoms with Crippen LogP contribution in [-0.4, -0.2) is 36.4 Å². The van der Waals surface area contributed by atoms with E-state index >= 15 is 0 Å². The highest BCUT2D eigenvalue weighted by molar-refractivity contribution is 5.80. The van der Waals surface area contributed by atoms with E-state index in [1.165, 1.54) is 5.56 Å². The molecule has 5 nitrogen and oxygen atoms in total. The minimum Gasteiger partial charge on any atom is -0.484 e. The number of hydrogen-bond acceptors (Lipinski definition) is 3. The fraction of sp³-hybridized carbons (Fsp3) is 0.391. The Morgan fingerprint density at radius 1 is 0.964 bits per heavy atom. The Hall–Kier alpha value is -2.82. The summed E-state index contributed by atoms with van der Waals surface area (Å²) >= 11 is 0. The molecule has 148 valence electrons. The van der Waals surface area contributed by atoms with Gasteiger partial charge in [-0.1, -0.05) is 47.5 Å². The molecule has 2 aromatic rings. The number of rotatable bonds is 6. The summed E-state index contributed by atoms with van der Waals surface area (Å²) in [6.45, 7) is 5.83. The number of nitrogens with zero attached hydrogens (tertiary/aromatic N) is 1. The van der Waals surface area contributed by atoms with Crippen molar-refractivity contribution in [3.05, 3.63) is 65.2 Å². The molecule has 0 aliphatic carbocycles. The number of hydrogen-bond donors (Lipinski definition) is 1. The molecule has 28 heavy (non-hydrogen) atoms. The quantitative estimate of drug-likeness (QED) is 0.837. The molecule has 2 amide bonds. The van der Waals surface area contributed by atoms with Crippen molar-refractivity contribution in [2.24, 2.45) is 5.92 Å². The Balaban J connectivity index is 1.39. The lowest BCUT2D eigenvalue weighted by Crippen LogP contribution is -2.44. The highest BCUT2D eigenvalue weighted by Crippen LogP contribution is 2.18. The van der Waals surface area contributed by atoms with E-state index in [1.807, 2.05) is 62.4 Å². The van der Waals surface area contributed by atoms with Crippen molar-refractivity contribution in [2.75, 3.05) is 19.7 Å². The van der Waals surface area contributed by atoms with E-state index in [-0.39, 0.29) is 24.3 Å². The zero-order valence-corrected chi connectivity index (χ0v) is 16.6. The van der Waals surface area contributed by atoms with Crippen molar-refractivity contribution in [1.29, 1.82) is 0 Å². The number of aryl methyl sites for hydroxylation is 2. The lowest BCUT2D eigenvalue weighted by molar-refractivity contribution is -0.137. The Morgan fingerprint density at radius 3 is 2.14 bits per heavy atom. The summed E-state index contributed by atoms with van der Waals surface area (Å²) in [5.41, 5.74) is 3.46. The number of carbonyl (C=O) groups excluding carboxylic acids is 2. The smallest absolute Gasteiger partial charge is 0.260 e. The topological polar surface area (TPSA) is 58.6 Å². The first-order chi connectivity index (χ1) is 13.5. The number of ether oxygens (including phenoxy) is 1. The molecule has 5 heteroatoms. The predicted octanol–water partition coefficient (Wildman–Crippen LogP) is 3.24. The number of piperidine rings is 1. The maximum absolute atomic E-state index is 12.4. The van der Waals surface area contributed by atoms with E-state index in [1.54, 1.807) is 4.90 Å². The Labute approximate surface area is 166 Å². The number of nitrogens with one attached hydrogen (secondary N) is 1. The van der Waals surface area contributed by atoms with Crippen LogP contribution in [0, 0.1) is 19.8 Å². The van der Waals surface area contributed by atoms with Crippen molar-refractivity contribution in [1.82, 2.24) is 10.2 Å². The molecule has 1 aliphatic heterocycles. The van der Waals surface area contributed by atoms with Gasteiger partial charge in [0.25, 0.3) is 5.91 Å². The summed E-state index contributed by atoms with van der Waals surface area (Å²) < 4.78 is 5.58. The van der Waals surface area contributed by atoms with Gasteiger partial charge in [-0.3, -0.25) is 9.59 Å². The molecule has 1 saturated heterocycles. The molecule has 0 unspecified atom stereocenters. The standard InChI is InChI=1S/C23H28N2O3/c1-17-3-7-19(8-4-17)15-24-23(27)20-11-13-25(14-12-20)22(26)16-28-21-9-5-18(2)6-10-21/h3-10,20H,11-16H2,1-2H3,(H,24,27). The first-order valence-corrected chi connectivity index (χ1v) is 9.82. The van der Waals surface area contributed by atoms with Crippen LogP contribution in [0.5, 0.6) is 5.75 Å².